The van der Waals surface area contributed by atoms with E-state index in [1.165, 1.54) is 0 Å². The quantitative estimate of drug-likeness (QED) is 0.932. The molecule has 1 aliphatic heterocycles. The van der Waals surface area contributed by atoms with Gasteiger partial charge < -0.3 is 24.5 Å². The summed E-state index contributed by atoms with van der Waals surface area (Å²) >= 11 is 0. The standard InChI is InChI=1S/C15H18N2O4/c1-18-12-6-2-5-11(13-8-14(16)17-21-13)15(12)20-10-4-3-7-19-9-10/h2,5-6,8,10H,3-4,7,9H2,1H3,(H2,16,17). The minimum Gasteiger partial charge on any atom is -0.493 e. The number of methoxy groups -OCH3 is 1. The number of aromatic nitrogens is 1. The number of nitrogens with zero attached hydrogens (tertiary/aromatic N) is 1. The van der Waals surface area contributed by atoms with E-state index in [9.17, 15) is 0 Å². The number of hydrogen-bond donors (Lipinski definition) is 1. The molecule has 6 nitrogen and oxygen atoms in total. The van der Waals surface area contributed by atoms with Gasteiger partial charge in [0.1, 0.15) is 6.10 Å². The second-order valence-electron chi connectivity index (χ2n) is 4.91. The molecule has 21 heavy (non-hydrogen) atoms. The molecule has 0 bridgehead atoms. The van der Waals surface area contributed by atoms with Gasteiger partial charge in [-0.3, -0.25) is 0 Å². The molecule has 1 aliphatic rings. The number of para-hydroxylation sites is 1. The molecule has 6 heteroatoms. The topological polar surface area (TPSA) is 79.7 Å². The first-order valence-corrected chi connectivity index (χ1v) is 6.92. The Bertz CT molecular complexity index is 605. The Morgan fingerprint density at radius 1 is 1.38 bits per heavy atom. The lowest BCUT2D eigenvalue weighted by Gasteiger charge is -2.25. The van der Waals surface area contributed by atoms with E-state index in [0.717, 1.165) is 25.0 Å². The normalized spacial score (nSPS) is 18.4. The van der Waals surface area contributed by atoms with Crippen LogP contribution >= 0.6 is 0 Å². The molecule has 1 aromatic heterocycles. The Kier molecular flexibility index (Phi) is 3.96. The molecule has 0 spiro atoms. The van der Waals surface area contributed by atoms with E-state index in [2.05, 4.69) is 5.16 Å². The van der Waals surface area contributed by atoms with Crippen LogP contribution < -0.4 is 15.2 Å². The maximum atomic E-state index is 6.09. The molecule has 1 unspecified atom stereocenters. The van der Waals surface area contributed by atoms with Gasteiger partial charge in [-0.2, -0.15) is 0 Å². The largest absolute Gasteiger partial charge is 0.493 e. The number of ether oxygens (including phenoxy) is 3. The van der Waals surface area contributed by atoms with Crippen molar-refractivity contribution in [2.75, 3.05) is 26.1 Å². The molecule has 2 heterocycles. The summed E-state index contributed by atoms with van der Waals surface area (Å²) in [5.74, 6) is 2.16. The van der Waals surface area contributed by atoms with Gasteiger partial charge in [-0.05, 0) is 25.0 Å². The van der Waals surface area contributed by atoms with Crippen LogP contribution in [0.3, 0.4) is 0 Å². The predicted octanol–water partition coefficient (Wildman–Crippen LogP) is 2.49. The highest BCUT2D eigenvalue weighted by atomic mass is 16.6. The summed E-state index contributed by atoms with van der Waals surface area (Å²) in [5, 5.41) is 3.72. The summed E-state index contributed by atoms with van der Waals surface area (Å²) in [4.78, 5) is 0. The molecule has 1 aromatic carbocycles. The van der Waals surface area contributed by atoms with Crippen molar-refractivity contribution >= 4 is 5.82 Å². The van der Waals surface area contributed by atoms with Gasteiger partial charge in [0.15, 0.2) is 23.1 Å². The van der Waals surface area contributed by atoms with Crippen molar-refractivity contribution in [3.8, 4) is 22.8 Å². The van der Waals surface area contributed by atoms with Crippen LogP contribution in [0.15, 0.2) is 28.8 Å². The molecule has 2 aromatic rings. The third kappa shape index (κ3) is 2.95. The SMILES string of the molecule is COc1cccc(-c2cc(N)no2)c1OC1CCCOC1. The molecule has 3 rings (SSSR count). The van der Waals surface area contributed by atoms with Crippen molar-refractivity contribution in [3.63, 3.8) is 0 Å². The molecule has 112 valence electrons. The van der Waals surface area contributed by atoms with Gasteiger partial charge in [0.25, 0.3) is 0 Å². The highest BCUT2D eigenvalue weighted by molar-refractivity contribution is 5.71. The van der Waals surface area contributed by atoms with Crippen molar-refractivity contribution in [3.05, 3.63) is 24.3 Å². The fourth-order valence-electron chi connectivity index (χ4n) is 2.38. The van der Waals surface area contributed by atoms with E-state index in [1.807, 2.05) is 18.2 Å². The first kappa shape index (κ1) is 13.8. The molecule has 0 aliphatic carbocycles. The van der Waals surface area contributed by atoms with Crippen LogP contribution in [0.4, 0.5) is 5.82 Å². The van der Waals surface area contributed by atoms with E-state index in [1.54, 1.807) is 13.2 Å². The summed E-state index contributed by atoms with van der Waals surface area (Å²) in [7, 11) is 1.61. The molecule has 2 N–H and O–H groups in total. The Balaban J connectivity index is 1.95. The van der Waals surface area contributed by atoms with Crippen LogP contribution in [0.2, 0.25) is 0 Å². The summed E-state index contributed by atoms with van der Waals surface area (Å²) in [5.41, 5.74) is 6.39. The number of benzene rings is 1. The molecule has 0 radical (unpaired) electrons. The van der Waals surface area contributed by atoms with Crippen LogP contribution in [0.25, 0.3) is 11.3 Å². The van der Waals surface area contributed by atoms with Crippen molar-refractivity contribution in [2.45, 2.75) is 18.9 Å². The second kappa shape index (κ2) is 6.05. The van der Waals surface area contributed by atoms with E-state index in [0.29, 0.717) is 29.7 Å². The first-order valence-electron chi connectivity index (χ1n) is 6.92. The van der Waals surface area contributed by atoms with Gasteiger partial charge in [-0.1, -0.05) is 11.2 Å². The van der Waals surface area contributed by atoms with E-state index in [-0.39, 0.29) is 6.10 Å². The van der Waals surface area contributed by atoms with Gasteiger partial charge in [-0.25, -0.2) is 0 Å². The highest BCUT2D eigenvalue weighted by Gasteiger charge is 2.22. The van der Waals surface area contributed by atoms with Crippen molar-refractivity contribution < 1.29 is 18.7 Å². The minimum atomic E-state index is 0.00840. The second-order valence-corrected chi connectivity index (χ2v) is 4.91. The van der Waals surface area contributed by atoms with Crippen LogP contribution in [-0.4, -0.2) is 31.6 Å². The maximum Gasteiger partial charge on any atom is 0.172 e. The smallest absolute Gasteiger partial charge is 0.172 e. The van der Waals surface area contributed by atoms with Gasteiger partial charge in [0.05, 0.1) is 19.3 Å². The fraction of sp³-hybridized carbons (Fsp3) is 0.400. The lowest BCUT2D eigenvalue weighted by molar-refractivity contribution is 0.00664. The van der Waals surface area contributed by atoms with Crippen molar-refractivity contribution in [2.24, 2.45) is 0 Å². The molecular weight excluding hydrogens is 272 g/mol. The molecular formula is C15H18N2O4. The van der Waals surface area contributed by atoms with Crippen molar-refractivity contribution in [1.82, 2.24) is 5.16 Å². The summed E-state index contributed by atoms with van der Waals surface area (Å²) in [6.45, 7) is 1.37. The average Bonchev–Trinajstić information content (AvgIpc) is 2.95. The highest BCUT2D eigenvalue weighted by Crippen LogP contribution is 2.39. The molecule has 1 atom stereocenters. The average molecular weight is 290 g/mol. The van der Waals surface area contributed by atoms with Crippen LogP contribution in [-0.2, 0) is 4.74 Å². The zero-order valence-electron chi connectivity index (χ0n) is 11.9. The van der Waals surface area contributed by atoms with Crippen molar-refractivity contribution in [1.29, 1.82) is 0 Å². The summed E-state index contributed by atoms with van der Waals surface area (Å²) in [6, 6.07) is 7.28. The Morgan fingerprint density at radius 2 is 2.29 bits per heavy atom. The number of hydrogen-bond acceptors (Lipinski definition) is 6. The van der Waals surface area contributed by atoms with Crippen LogP contribution in [0.1, 0.15) is 12.8 Å². The third-order valence-electron chi connectivity index (χ3n) is 3.40. The number of rotatable bonds is 4. The number of anilines is 1. The Labute approximate surface area is 122 Å². The zero-order chi connectivity index (χ0) is 14.7. The van der Waals surface area contributed by atoms with Gasteiger partial charge in [0.2, 0.25) is 0 Å². The van der Waals surface area contributed by atoms with E-state index < -0.39 is 0 Å². The number of nitrogen functional groups attached to an aromatic ring is 1. The maximum absolute atomic E-state index is 6.09. The van der Waals surface area contributed by atoms with Gasteiger partial charge >= 0.3 is 0 Å². The molecule has 0 amide bonds. The molecule has 0 saturated carbocycles. The summed E-state index contributed by atoms with van der Waals surface area (Å²) < 4.78 is 22.2. The Morgan fingerprint density at radius 3 is 2.95 bits per heavy atom. The lowest BCUT2D eigenvalue weighted by Crippen LogP contribution is -2.28. The monoisotopic (exact) mass is 290 g/mol. The summed E-state index contributed by atoms with van der Waals surface area (Å²) in [6.07, 6.45) is 1.95. The third-order valence-corrected chi connectivity index (χ3v) is 3.40. The predicted molar refractivity (Wildman–Crippen MR) is 77.4 cm³/mol. The molecule has 1 saturated heterocycles. The zero-order valence-corrected chi connectivity index (χ0v) is 11.9. The lowest BCUT2D eigenvalue weighted by atomic mass is 10.1. The molecule has 1 fully saturated rings. The van der Waals surface area contributed by atoms with E-state index in [4.69, 9.17) is 24.5 Å². The van der Waals surface area contributed by atoms with Gasteiger partial charge in [-0.15, -0.1) is 0 Å². The van der Waals surface area contributed by atoms with Crippen LogP contribution in [0, 0.1) is 0 Å². The van der Waals surface area contributed by atoms with E-state index >= 15 is 0 Å². The Hall–Kier alpha value is -2.21. The van der Waals surface area contributed by atoms with Gasteiger partial charge in [0, 0.05) is 12.7 Å². The minimum absolute atomic E-state index is 0.00840. The van der Waals surface area contributed by atoms with Crippen LogP contribution in [0.5, 0.6) is 11.5 Å². The first-order chi connectivity index (χ1) is 10.3. The number of nitrogens with two attached hydrogens (primary N) is 1. The fourth-order valence-corrected chi connectivity index (χ4v) is 2.38.